The molecule has 0 radical (unpaired) electrons. The molecule has 0 bridgehead atoms. The molecule has 20 heavy (non-hydrogen) atoms. The highest BCUT2D eigenvalue weighted by Crippen LogP contribution is 2.24. The van der Waals surface area contributed by atoms with E-state index in [1.54, 1.807) is 0 Å². The monoisotopic (exact) mass is 276 g/mol. The zero-order valence-electron chi connectivity index (χ0n) is 12.4. The van der Waals surface area contributed by atoms with Crippen LogP contribution in [0.2, 0.25) is 0 Å². The second-order valence-corrected chi connectivity index (χ2v) is 5.51. The molecule has 1 aliphatic heterocycles. The molecule has 110 valence electrons. The Hall–Kier alpha value is -1.55. The van der Waals surface area contributed by atoms with E-state index in [4.69, 9.17) is 10.5 Å². The van der Waals surface area contributed by atoms with Gasteiger partial charge in [-0.25, -0.2) is 0 Å². The molecule has 1 aromatic rings. The van der Waals surface area contributed by atoms with Crippen LogP contribution in [0.3, 0.4) is 0 Å². The number of rotatable bonds is 4. The van der Waals surface area contributed by atoms with Crippen LogP contribution in [0.5, 0.6) is 5.75 Å². The first-order valence-corrected chi connectivity index (χ1v) is 7.32. The molecule has 0 atom stereocenters. The Bertz CT molecular complexity index is 466. The topological polar surface area (TPSA) is 55.6 Å². The first-order chi connectivity index (χ1) is 9.60. The van der Waals surface area contributed by atoms with Gasteiger partial charge in [0.15, 0.2) is 0 Å². The molecule has 2 N–H and O–H groups in total. The molecule has 0 saturated carbocycles. The average Bonchev–Trinajstić information content (AvgIpc) is 2.44. The van der Waals surface area contributed by atoms with E-state index in [1.165, 1.54) is 5.56 Å². The first-order valence-electron chi connectivity index (χ1n) is 7.32. The van der Waals surface area contributed by atoms with Crippen LogP contribution in [-0.2, 0) is 4.79 Å². The summed E-state index contributed by atoms with van der Waals surface area (Å²) in [5.74, 6) is 1.13. The van der Waals surface area contributed by atoms with Crippen LogP contribution >= 0.6 is 0 Å². The summed E-state index contributed by atoms with van der Waals surface area (Å²) < 4.78 is 6.09. The number of nitrogens with zero attached hydrogens (tertiary/aromatic N) is 1. The Labute approximate surface area is 120 Å². The number of aryl methyl sites for hydroxylation is 2. The number of hydrogen-bond donors (Lipinski definition) is 1. The number of carbonyl (C=O) groups is 1. The van der Waals surface area contributed by atoms with Crippen molar-refractivity contribution >= 4 is 5.91 Å². The van der Waals surface area contributed by atoms with Gasteiger partial charge in [-0.05, 0) is 31.0 Å². The van der Waals surface area contributed by atoms with Crippen molar-refractivity contribution in [1.29, 1.82) is 0 Å². The molecule has 4 nitrogen and oxygen atoms in total. The normalized spacial score (nSPS) is 16.2. The summed E-state index contributed by atoms with van der Waals surface area (Å²) in [6, 6.07) is 6.27. The van der Waals surface area contributed by atoms with Gasteiger partial charge in [0.2, 0.25) is 5.91 Å². The molecule has 0 aromatic heterocycles. The van der Waals surface area contributed by atoms with E-state index in [2.05, 4.69) is 32.0 Å². The molecule has 1 amide bonds. The van der Waals surface area contributed by atoms with Crippen molar-refractivity contribution in [2.75, 3.05) is 19.6 Å². The van der Waals surface area contributed by atoms with Crippen molar-refractivity contribution in [2.45, 2.75) is 39.2 Å². The summed E-state index contributed by atoms with van der Waals surface area (Å²) in [6.45, 7) is 6.11. The molecule has 1 heterocycles. The lowest BCUT2D eigenvalue weighted by Crippen LogP contribution is -2.42. The van der Waals surface area contributed by atoms with Gasteiger partial charge in [-0.1, -0.05) is 12.1 Å². The Morgan fingerprint density at radius 1 is 1.35 bits per heavy atom. The smallest absolute Gasteiger partial charge is 0.223 e. The molecule has 0 unspecified atom stereocenters. The highest BCUT2D eigenvalue weighted by atomic mass is 16.5. The van der Waals surface area contributed by atoms with E-state index in [9.17, 15) is 4.79 Å². The van der Waals surface area contributed by atoms with E-state index < -0.39 is 0 Å². The molecule has 1 saturated heterocycles. The Kier molecular flexibility index (Phi) is 5.01. The van der Waals surface area contributed by atoms with Crippen molar-refractivity contribution in [1.82, 2.24) is 4.90 Å². The number of nitrogens with two attached hydrogens (primary N) is 1. The minimum atomic E-state index is 0.165. The standard InChI is InChI=1S/C16H24N2O2/c1-12-3-4-13(2)15(11-12)20-14-6-9-18(10-7-14)16(19)5-8-17/h3-4,11,14H,5-10,17H2,1-2H3. The Balaban J connectivity index is 1.88. The first kappa shape index (κ1) is 14.9. The van der Waals surface area contributed by atoms with Crippen molar-refractivity contribution in [2.24, 2.45) is 5.73 Å². The van der Waals surface area contributed by atoms with Gasteiger partial charge in [0, 0.05) is 38.9 Å². The maximum atomic E-state index is 11.8. The molecule has 0 spiro atoms. The van der Waals surface area contributed by atoms with Gasteiger partial charge in [0.05, 0.1) is 0 Å². The second-order valence-electron chi connectivity index (χ2n) is 5.51. The summed E-state index contributed by atoms with van der Waals surface area (Å²) in [5.41, 5.74) is 7.80. The van der Waals surface area contributed by atoms with Crippen LogP contribution in [0.4, 0.5) is 0 Å². The molecular weight excluding hydrogens is 252 g/mol. The minimum Gasteiger partial charge on any atom is -0.490 e. The average molecular weight is 276 g/mol. The summed E-state index contributed by atoms with van der Waals surface area (Å²) in [4.78, 5) is 13.7. The molecule has 1 fully saturated rings. The number of carbonyl (C=O) groups excluding carboxylic acids is 1. The summed E-state index contributed by atoms with van der Waals surface area (Å²) in [6.07, 6.45) is 2.44. The van der Waals surface area contributed by atoms with Crippen LogP contribution in [-0.4, -0.2) is 36.5 Å². The van der Waals surface area contributed by atoms with Crippen molar-refractivity contribution in [3.63, 3.8) is 0 Å². The molecule has 1 aromatic carbocycles. The highest BCUT2D eigenvalue weighted by Gasteiger charge is 2.23. The van der Waals surface area contributed by atoms with Gasteiger partial charge in [-0.3, -0.25) is 4.79 Å². The lowest BCUT2D eigenvalue weighted by atomic mass is 10.1. The summed E-state index contributed by atoms with van der Waals surface area (Å²) in [7, 11) is 0. The van der Waals surface area contributed by atoms with Gasteiger partial charge < -0.3 is 15.4 Å². The maximum absolute atomic E-state index is 11.8. The van der Waals surface area contributed by atoms with Crippen molar-refractivity contribution in [3.8, 4) is 5.75 Å². The second kappa shape index (κ2) is 6.75. The van der Waals surface area contributed by atoms with Crippen LogP contribution in [0.1, 0.15) is 30.4 Å². The zero-order valence-corrected chi connectivity index (χ0v) is 12.4. The number of piperidine rings is 1. The fourth-order valence-corrected chi connectivity index (χ4v) is 2.52. The molecule has 2 rings (SSSR count). The van der Waals surface area contributed by atoms with E-state index >= 15 is 0 Å². The molecule has 4 heteroatoms. The van der Waals surface area contributed by atoms with Gasteiger partial charge in [0.25, 0.3) is 0 Å². The lowest BCUT2D eigenvalue weighted by molar-refractivity contribution is -0.132. The number of ether oxygens (including phenoxy) is 1. The molecule has 1 aliphatic rings. The molecular formula is C16H24N2O2. The SMILES string of the molecule is Cc1ccc(C)c(OC2CCN(C(=O)CCN)CC2)c1. The number of benzene rings is 1. The Morgan fingerprint density at radius 2 is 2.05 bits per heavy atom. The predicted octanol–water partition coefficient (Wildman–Crippen LogP) is 2.02. The van der Waals surface area contributed by atoms with Gasteiger partial charge in [-0.2, -0.15) is 0 Å². The zero-order chi connectivity index (χ0) is 14.5. The summed E-state index contributed by atoms with van der Waals surface area (Å²) in [5, 5.41) is 0. The number of hydrogen-bond acceptors (Lipinski definition) is 3. The van der Waals surface area contributed by atoms with E-state index in [1.807, 2.05) is 4.90 Å². The lowest BCUT2D eigenvalue weighted by Gasteiger charge is -2.32. The van der Waals surface area contributed by atoms with Crippen LogP contribution in [0, 0.1) is 13.8 Å². The quantitative estimate of drug-likeness (QED) is 0.915. The molecule has 0 aliphatic carbocycles. The van der Waals surface area contributed by atoms with Gasteiger partial charge in [0.1, 0.15) is 11.9 Å². The predicted molar refractivity (Wildman–Crippen MR) is 79.8 cm³/mol. The third kappa shape index (κ3) is 3.73. The maximum Gasteiger partial charge on any atom is 0.223 e. The third-order valence-corrected chi connectivity index (χ3v) is 3.79. The van der Waals surface area contributed by atoms with Crippen LogP contribution in [0.15, 0.2) is 18.2 Å². The fourth-order valence-electron chi connectivity index (χ4n) is 2.52. The van der Waals surface area contributed by atoms with E-state index in [-0.39, 0.29) is 12.0 Å². The van der Waals surface area contributed by atoms with Gasteiger partial charge in [-0.15, -0.1) is 0 Å². The number of amides is 1. The Morgan fingerprint density at radius 3 is 2.70 bits per heavy atom. The van der Waals surface area contributed by atoms with Crippen LogP contribution in [0.25, 0.3) is 0 Å². The van der Waals surface area contributed by atoms with E-state index in [0.29, 0.717) is 13.0 Å². The van der Waals surface area contributed by atoms with Crippen molar-refractivity contribution < 1.29 is 9.53 Å². The largest absolute Gasteiger partial charge is 0.490 e. The van der Waals surface area contributed by atoms with E-state index in [0.717, 1.165) is 37.2 Å². The van der Waals surface area contributed by atoms with Gasteiger partial charge >= 0.3 is 0 Å². The van der Waals surface area contributed by atoms with Crippen LogP contribution < -0.4 is 10.5 Å². The summed E-state index contributed by atoms with van der Waals surface area (Å²) >= 11 is 0. The van der Waals surface area contributed by atoms with Crippen molar-refractivity contribution in [3.05, 3.63) is 29.3 Å². The minimum absolute atomic E-state index is 0.165. The third-order valence-electron chi connectivity index (χ3n) is 3.79. The fraction of sp³-hybridized carbons (Fsp3) is 0.562. The highest BCUT2D eigenvalue weighted by molar-refractivity contribution is 5.76. The number of likely N-dealkylation sites (tertiary alicyclic amines) is 1.